The smallest absolute Gasteiger partial charge is 1.00 e. The van der Waals surface area contributed by atoms with Gasteiger partial charge in [0, 0.05) is 18.2 Å². The predicted molar refractivity (Wildman–Crippen MR) is 89.5 cm³/mol. The average Bonchev–Trinajstić information content (AvgIpc) is 2.54. The Balaban J connectivity index is 0.00000196. The van der Waals surface area contributed by atoms with E-state index < -0.39 is 58.8 Å². The van der Waals surface area contributed by atoms with E-state index in [1.165, 1.54) is 0 Å². The van der Waals surface area contributed by atoms with Crippen LogP contribution in [0.25, 0.3) is 0 Å². The molecule has 0 N–H and O–H groups in total. The minimum atomic E-state index is -4.96. The van der Waals surface area contributed by atoms with Gasteiger partial charge in [0.1, 0.15) is 34.9 Å². The summed E-state index contributed by atoms with van der Waals surface area (Å²) in [7, 11) is -4.96. The molecule has 0 unspecified atom stereocenters. The van der Waals surface area contributed by atoms with Crippen molar-refractivity contribution in [2.24, 2.45) is 0 Å². The van der Waals surface area contributed by atoms with E-state index in [-0.39, 0.29) is 40.0 Å². The van der Waals surface area contributed by atoms with Crippen molar-refractivity contribution >= 4 is 46.9 Å². The molecule has 0 bridgehead atoms. The molecule has 3 aromatic rings. The molecule has 0 amide bonds. The van der Waals surface area contributed by atoms with Gasteiger partial charge in [0.2, 0.25) is 0 Å². The Morgan fingerprint density at radius 1 is 0.536 bits per heavy atom. The SMILES string of the molecule is [Br-].[Mg+2].[O-][Si](c1ccc(F)cc1F)(c1ccc(F)cc1F)c1ccc(F)cc1F. The van der Waals surface area contributed by atoms with E-state index in [2.05, 4.69) is 0 Å². The van der Waals surface area contributed by atoms with Gasteiger partial charge >= 0.3 is 23.1 Å². The van der Waals surface area contributed by atoms with Crippen LogP contribution in [0.3, 0.4) is 0 Å². The van der Waals surface area contributed by atoms with Gasteiger partial charge in [-0.25, -0.2) is 26.3 Å². The summed E-state index contributed by atoms with van der Waals surface area (Å²) in [6.45, 7) is 0. The Morgan fingerprint density at radius 2 is 0.786 bits per heavy atom. The zero-order valence-corrected chi connectivity index (χ0v) is 18.0. The van der Waals surface area contributed by atoms with Gasteiger partial charge in [-0.3, -0.25) is 0 Å². The zero-order chi connectivity index (χ0) is 19.1. The van der Waals surface area contributed by atoms with Gasteiger partial charge in [-0.05, 0) is 33.8 Å². The number of rotatable bonds is 3. The minimum absolute atomic E-state index is 0. The van der Waals surface area contributed by atoms with E-state index in [1.54, 1.807) is 0 Å². The van der Waals surface area contributed by atoms with E-state index in [9.17, 15) is 31.1 Å². The molecule has 0 saturated heterocycles. The van der Waals surface area contributed by atoms with Crippen molar-refractivity contribution in [1.29, 1.82) is 0 Å². The second kappa shape index (κ2) is 9.44. The van der Waals surface area contributed by atoms with Gasteiger partial charge in [0.15, 0.2) is 0 Å². The first kappa shape index (κ1) is 24.7. The molecular formula is C18H9BrF6MgOSi. The van der Waals surface area contributed by atoms with Crippen molar-refractivity contribution < 1.29 is 48.1 Å². The van der Waals surface area contributed by atoms with Gasteiger partial charge in [-0.1, -0.05) is 18.2 Å². The Labute approximate surface area is 184 Å². The Hall–Kier alpha value is -1.34. The summed E-state index contributed by atoms with van der Waals surface area (Å²) >= 11 is 0. The van der Waals surface area contributed by atoms with Crippen LogP contribution in [-0.2, 0) is 0 Å². The predicted octanol–water partition coefficient (Wildman–Crippen LogP) is -1.53. The van der Waals surface area contributed by atoms with E-state index in [4.69, 9.17) is 0 Å². The van der Waals surface area contributed by atoms with Gasteiger partial charge in [0.25, 0.3) is 0 Å². The summed E-state index contributed by atoms with van der Waals surface area (Å²) in [5, 5.41) is -1.97. The van der Waals surface area contributed by atoms with Gasteiger partial charge in [-0.15, -0.1) is 0 Å². The summed E-state index contributed by atoms with van der Waals surface area (Å²) < 4.78 is 82.7. The van der Waals surface area contributed by atoms with Crippen molar-refractivity contribution in [2.75, 3.05) is 0 Å². The molecule has 0 aliphatic rings. The standard InChI is InChI=1S/C18H9F6OSi.BrH.Mg/c19-10-1-4-16(13(22)7-10)26(25,17-5-2-11(20)8-14(17)23)18-6-3-12(21)9-15(18)24;;/h1-9H;1H;/q-1;;+2/p-1. The summed E-state index contributed by atoms with van der Waals surface area (Å²) in [6.07, 6.45) is 0. The van der Waals surface area contributed by atoms with Crippen LogP contribution >= 0.6 is 0 Å². The summed E-state index contributed by atoms with van der Waals surface area (Å²) in [5.74, 6) is -6.83. The molecule has 0 saturated carbocycles. The van der Waals surface area contributed by atoms with Crippen LogP contribution in [0.5, 0.6) is 0 Å². The average molecular weight is 488 g/mol. The van der Waals surface area contributed by atoms with Crippen molar-refractivity contribution in [3.05, 3.63) is 89.5 Å². The van der Waals surface area contributed by atoms with Crippen LogP contribution in [0.15, 0.2) is 54.6 Å². The molecule has 3 rings (SSSR count). The summed E-state index contributed by atoms with van der Waals surface area (Å²) in [4.78, 5) is 13.8. The zero-order valence-electron chi connectivity index (χ0n) is 14.0. The van der Waals surface area contributed by atoms with Crippen LogP contribution in [0.4, 0.5) is 26.3 Å². The maximum absolute atomic E-state index is 14.3. The number of hydrogen-bond donors (Lipinski definition) is 0. The third-order valence-corrected chi connectivity index (χ3v) is 7.42. The molecule has 0 radical (unpaired) electrons. The van der Waals surface area contributed by atoms with E-state index in [0.29, 0.717) is 18.2 Å². The summed E-state index contributed by atoms with van der Waals surface area (Å²) in [5.41, 5.74) is 0. The molecule has 0 atom stereocenters. The minimum Gasteiger partial charge on any atom is -1.00 e. The van der Waals surface area contributed by atoms with Crippen LogP contribution in [0.2, 0.25) is 0 Å². The Kier molecular flexibility index (Phi) is 8.33. The Morgan fingerprint density at radius 3 is 1.00 bits per heavy atom. The molecule has 10 heteroatoms. The van der Waals surface area contributed by atoms with E-state index in [1.807, 2.05) is 0 Å². The molecule has 0 aliphatic heterocycles. The van der Waals surface area contributed by atoms with Gasteiger partial charge < -0.3 is 21.8 Å². The normalized spacial score (nSPS) is 10.8. The fourth-order valence-electron chi connectivity index (χ4n) is 2.76. The maximum Gasteiger partial charge on any atom is 2.00 e. The molecule has 3 aromatic carbocycles. The van der Waals surface area contributed by atoms with Crippen LogP contribution in [0.1, 0.15) is 0 Å². The first-order valence-electron chi connectivity index (χ1n) is 7.30. The Bertz CT molecular complexity index is 879. The maximum atomic E-state index is 14.3. The van der Waals surface area contributed by atoms with Crippen molar-refractivity contribution in [3.8, 4) is 0 Å². The van der Waals surface area contributed by atoms with Crippen LogP contribution in [-0.4, -0.2) is 31.4 Å². The largest absolute Gasteiger partial charge is 2.00 e. The first-order chi connectivity index (χ1) is 12.2. The van der Waals surface area contributed by atoms with Crippen molar-refractivity contribution in [2.45, 2.75) is 0 Å². The number of hydrogen-bond acceptors (Lipinski definition) is 1. The second-order valence-electron chi connectivity index (χ2n) is 5.55. The van der Waals surface area contributed by atoms with E-state index >= 15 is 0 Å². The van der Waals surface area contributed by atoms with Crippen LogP contribution in [0, 0.1) is 34.9 Å². The second-order valence-corrected chi connectivity index (χ2v) is 8.53. The third-order valence-electron chi connectivity index (χ3n) is 3.93. The third kappa shape index (κ3) is 4.46. The van der Waals surface area contributed by atoms with Crippen molar-refractivity contribution in [1.82, 2.24) is 0 Å². The molecule has 0 heterocycles. The summed E-state index contributed by atoms with van der Waals surface area (Å²) in [6, 6.07) is 5.98. The van der Waals surface area contributed by atoms with Gasteiger partial charge in [-0.2, -0.15) is 0 Å². The molecule has 1 nitrogen and oxygen atoms in total. The van der Waals surface area contributed by atoms with E-state index in [0.717, 1.165) is 36.4 Å². The number of benzene rings is 3. The molecule has 142 valence electrons. The molecule has 0 aromatic heterocycles. The number of halogens is 7. The monoisotopic (exact) mass is 486 g/mol. The topological polar surface area (TPSA) is 23.1 Å². The molecular weight excluding hydrogens is 478 g/mol. The fraction of sp³-hybridized carbons (Fsp3) is 0. The molecule has 0 aliphatic carbocycles. The quantitative estimate of drug-likeness (QED) is 0.250. The molecule has 0 fully saturated rings. The molecule has 0 spiro atoms. The first-order valence-corrected chi connectivity index (χ1v) is 9.21. The fourth-order valence-corrected chi connectivity index (χ4v) is 5.81. The van der Waals surface area contributed by atoms with Crippen molar-refractivity contribution in [3.63, 3.8) is 0 Å². The van der Waals surface area contributed by atoms with Crippen LogP contribution < -0.4 is 37.3 Å². The van der Waals surface area contributed by atoms with Gasteiger partial charge in [0.05, 0.1) is 8.32 Å². The molecule has 28 heavy (non-hydrogen) atoms.